The molecule has 0 fully saturated rings. The summed E-state index contributed by atoms with van der Waals surface area (Å²) in [5, 5.41) is 7.01. The second-order valence-corrected chi connectivity index (χ2v) is 15.4. The minimum atomic E-state index is 0.617. The van der Waals surface area contributed by atoms with Crippen molar-refractivity contribution in [1.29, 1.82) is 0 Å². The third-order valence-corrected chi connectivity index (χ3v) is 12.3. The van der Waals surface area contributed by atoms with E-state index >= 15 is 0 Å². The Morgan fingerprint density at radius 1 is 0.404 bits per heavy atom. The van der Waals surface area contributed by atoms with Gasteiger partial charge in [-0.1, -0.05) is 115 Å². The minimum absolute atomic E-state index is 0.617. The summed E-state index contributed by atoms with van der Waals surface area (Å²) < 4.78 is 11.0. The van der Waals surface area contributed by atoms with Crippen molar-refractivity contribution in [2.24, 2.45) is 0 Å². The predicted octanol–water partition coefficient (Wildman–Crippen LogP) is 13.9. The van der Waals surface area contributed by atoms with Crippen LogP contribution in [0.15, 0.2) is 186 Å². The molecule has 266 valence electrons. The summed E-state index contributed by atoms with van der Waals surface area (Å²) in [5.74, 6) is 1.88. The van der Waals surface area contributed by atoms with Crippen molar-refractivity contribution in [3.8, 4) is 51.0 Å². The SMILES string of the molecule is c1ccc(-c2nc(-c3ccc4oc5ccccc5c4c3)nc(-c3ccc4sc5c(-c6cccc7c6c6ccccc6n7-c6ccccc6)cccc5c4c3)n2)cc1. The quantitative estimate of drug-likeness (QED) is 0.176. The number of thiophene rings is 1. The van der Waals surface area contributed by atoms with E-state index in [0.717, 1.165) is 44.3 Å². The molecule has 57 heavy (non-hydrogen) atoms. The smallest absolute Gasteiger partial charge is 0.164 e. The second-order valence-electron chi connectivity index (χ2n) is 14.4. The van der Waals surface area contributed by atoms with E-state index in [9.17, 15) is 0 Å². The second kappa shape index (κ2) is 12.6. The molecule has 0 unspecified atom stereocenters. The van der Waals surface area contributed by atoms with E-state index in [2.05, 4.69) is 126 Å². The minimum Gasteiger partial charge on any atom is -0.456 e. The van der Waals surface area contributed by atoms with E-state index in [1.54, 1.807) is 0 Å². The summed E-state index contributed by atoms with van der Waals surface area (Å²) >= 11 is 1.84. The molecule has 0 bridgehead atoms. The van der Waals surface area contributed by atoms with Crippen LogP contribution in [0.1, 0.15) is 0 Å². The van der Waals surface area contributed by atoms with Crippen LogP contribution < -0.4 is 0 Å². The molecule has 0 saturated heterocycles. The van der Waals surface area contributed by atoms with Crippen LogP contribution in [0.25, 0.3) is 115 Å². The number of nitrogens with zero attached hydrogens (tertiary/aromatic N) is 4. The molecule has 12 rings (SSSR count). The Balaban J connectivity index is 1.03. The van der Waals surface area contributed by atoms with Crippen molar-refractivity contribution < 1.29 is 4.42 Å². The van der Waals surface area contributed by atoms with Gasteiger partial charge in [0.2, 0.25) is 0 Å². The van der Waals surface area contributed by atoms with Crippen molar-refractivity contribution >= 4 is 75.3 Å². The van der Waals surface area contributed by atoms with Crippen LogP contribution in [0.4, 0.5) is 0 Å². The van der Waals surface area contributed by atoms with Crippen LogP contribution in [0.5, 0.6) is 0 Å². The van der Waals surface area contributed by atoms with E-state index < -0.39 is 0 Å². The lowest BCUT2D eigenvalue weighted by atomic mass is 9.97. The molecule has 6 heteroatoms. The van der Waals surface area contributed by atoms with Gasteiger partial charge >= 0.3 is 0 Å². The first kappa shape index (κ1) is 31.9. The summed E-state index contributed by atoms with van der Waals surface area (Å²) in [7, 11) is 0. The molecule has 4 heterocycles. The molecule has 12 aromatic rings. The van der Waals surface area contributed by atoms with Crippen molar-refractivity contribution in [1.82, 2.24) is 19.5 Å². The fourth-order valence-corrected chi connectivity index (χ4v) is 9.68. The Hall–Kier alpha value is -7.41. The van der Waals surface area contributed by atoms with E-state index in [-0.39, 0.29) is 0 Å². The van der Waals surface area contributed by atoms with Crippen LogP contribution >= 0.6 is 11.3 Å². The van der Waals surface area contributed by atoms with Crippen molar-refractivity contribution in [2.75, 3.05) is 0 Å². The molecular weight excluding hydrogens is 717 g/mol. The van der Waals surface area contributed by atoms with Gasteiger partial charge in [0.15, 0.2) is 17.5 Å². The van der Waals surface area contributed by atoms with Gasteiger partial charge in [-0.3, -0.25) is 0 Å². The molecule has 5 nitrogen and oxygen atoms in total. The van der Waals surface area contributed by atoms with Crippen LogP contribution in [0.3, 0.4) is 0 Å². The van der Waals surface area contributed by atoms with Gasteiger partial charge in [-0.2, -0.15) is 0 Å². The summed E-state index contributed by atoms with van der Waals surface area (Å²) in [6, 6.07) is 63.9. The summed E-state index contributed by atoms with van der Waals surface area (Å²) in [6.07, 6.45) is 0. The van der Waals surface area contributed by atoms with Gasteiger partial charge in [0.25, 0.3) is 0 Å². The molecule has 0 radical (unpaired) electrons. The van der Waals surface area contributed by atoms with Crippen LogP contribution in [-0.2, 0) is 0 Å². The zero-order valence-electron chi connectivity index (χ0n) is 30.4. The molecule has 0 spiro atoms. The number of rotatable bonds is 5. The standard InChI is InChI=1S/C51H30N4OS/c1-3-13-31(14-4-1)49-52-50(32-25-27-45-40(29-32)35-17-8-10-24-44(35)56-45)54-51(53-49)33-26-28-46-41(30-33)38-21-11-20-37(48(38)57-46)36-19-12-23-43-47(36)39-18-7-9-22-42(39)55(43)34-15-5-2-6-16-34/h1-30H. The first-order valence-corrected chi connectivity index (χ1v) is 19.8. The molecule has 0 saturated carbocycles. The molecule has 4 aromatic heterocycles. The molecule has 0 aliphatic rings. The lowest BCUT2D eigenvalue weighted by Crippen LogP contribution is -2.00. The number of fused-ring (bicyclic) bond motifs is 9. The molecule has 0 N–H and O–H groups in total. The molecule has 0 aliphatic carbocycles. The summed E-state index contributed by atoms with van der Waals surface area (Å²) in [4.78, 5) is 15.3. The monoisotopic (exact) mass is 746 g/mol. The lowest BCUT2D eigenvalue weighted by molar-refractivity contribution is 0.669. The highest BCUT2D eigenvalue weighted by molar-refractivity contribution is 7.26. The number of hydrogen-bond donors (Lipinski definition) is 0. The van der Waals surface area contributed by atoms with Gasteiger partial charge in [-0.25, -0.2) is 15.0 Å². The van der Waals surface area contributed by atoms with E-state index in [0.29, 0.717) is 17.5 Å². The topological polar surface area (TPSA) is 56.7 Å². The molecule has 0 atom stereocenters. The molecule has 8 aromatic carbocycles. The Morgan fingerprint density at radius 2 is 1.00 bits per heavy atom. The van der Waals surface area contributed by atoms with Gasteiger partial charge in [0.05, 0.1) is 11.0 Å². The average molecular weight is 747 g/mol. The van der Waals surface area contributed by atoms with Gasteiger partial charge in [-0.05, 0) is 72.3 Å². The van der Waals surface area contributed by atoms with Crippen LogP contribution in [0.2, 0.25) is 0 Å². The Morgan fingerprint density at radius 3 is 1.82 bits per heavy atom. The Labute approximate surface area is 330 Å². The zero-order valence-corrected chi connectivity index (χ0v) is 31.2. The Bertz CT molecular complexity index is 3530. The van der Waals surface area contributed by atoms with E-state index in [1.165, 1.54) is 53.1 Å². The molecular formula is C51H30N4OS. The third kappa shape index (κ3) is 5.04. The Kier molecular flexibility index (Phi) is 7.03. The number of para-hydroxylation sites is 3. The fraction of sp³-hybridized carbons (Fsp3) is 0. The normalized spacial score (nSPS) is 11.9. The van der Waals surface area contributed by atoms with Gasteiger partial charge in [0, 0.05) is 69.7 Å². The zero-order chi connectivity index (χ0) is 37.5. The average Bonchev–Trinajstić information content (AvgIpc) is 3.96. The van der Waals surface area contributed by atoms with Gasteiger partial charge < -0.3 is 8.98 Å². The molecule has 0 aliphatic heterocycles. The maximum Gasteiger partial charge on any atom is 0.164 e. The fourth-order valence-electron chi connectivity index (χ4n) is 8.46. The largest absolute Gasteiger partial charge is 0.456 e. The highest BCUT2D eigenvalue weighted by atomic mass is 32.1. The number of benzene rings is 8. The summed E-state index contributed by atoms with van der Waals surface area (Å²) in [6.45, 7) is 0. The van der Waals surface area contributed by atoms with Crippen LogP contribution in [0, 0.1) is 0 Å². The van der Waals surface area contributed by atoms with Crippen molar-refractivity contribution in [3.63, 3.8) is 0 Å². The first-order chi connectivity index (χ1) is 28.2. The van der Waals surface area contributed by atoms with E-state index in [1.807, 2.05) is 72.0 Å². The van der Waals surface area contributed by atoms with Crippen LogP contribution in [-0.4, -0.2) is 19.5 Å². The maximum atomic E-state index is 6.14. The van der Waals surface area contributed by atoms with Gasteiger partial charge in [-0.15, -0.1) is 11.3 Å². The number of furan rings is 1. The van der Waals surface area contributed by atoms with Gasteiger partial charge in [0.1, 0.15) is 11.2 Å². The summed E-state index contributed by atoms with van der Waals surface area (Å²) in [5.41, 5.74) is 10.5. The van der Waals surface area contributed by atoms with Crippen molar-refractivity contribution in [2.45, 2.75) is 0 Å². The third-order valence-electron chi connectivity index (χ3n) is 11.1. The number of hydrogen-bond acceptors (Lipinski definition) is 5. The lowest BCUT2D eigenvalue weighted by Gasteiger charge is -2.09. The highest BCUT2D eigenvalue weighted by Crippen LogP contribution is 2.45. The van der Waals surface area contributed by atoms with E-state index in [4.69, 9.17) is 19.4 Å². The first-order valence-electron chi connectivity index (χ1n) is 19.0. The molecule has 0 amide bonds. The predicted molar refractivity (Wildman–Crippen MR) is 236 cm³/mol. The van der Waals surface area contributed by atoms with Crippen molar-refractivity contribution in [3.05, 3.63) is 182 Å². The maximum absolute atomic E-state index is 6.14. The highest BCUT2D eigenvalue weighted by Gasteiger charge is 2.20. The number of aromatic nitrogens is 4.